The summed E-state index contributed by atoms with van der Waals surface area (Å²) in [5.74, 6) is -2.07. The Morgan fingerprint density at radius 1 is 1.20 bits per heavy atom. The van der Waals surface area contributed by atoms with Crippen molar-refractivity contribution in [3.8, 4) is 0 Å². The second-order valence-corrected chi connectivity index (χ2v) is 6.83. The van der Waals surface area contributed by atoms with Gasteiger partial charge >= 0.3 is 6.09 Å². The third-order valence-corrected chi connectivity index (χ3v) is 3.57. The van der Waals surface area contributed by atoms with Gasteiger partial charge in [0.15, 0.2) is 0 Å². The quantitative estimate of drug-likeness (QED) is 0.629. The van der Waals surface area contributed by atoms with Gasteiger partial charge in [-0.05, 0) is 38.8 Å². The van der Waals surface area contributed by atoms with Crippen molar-refractivity contribution in [1.29, 1.82) is 0 Å². The zero-order valence-electron chi connectivity index (χ0n) is 15.3. The Balaban J connectivity index is 2.92. The summed E-state index contributed by atoms with van der Waals surface area (Å²) in [6.45, 7) is 8.67. The first-order valence-corrected chi connectivity index (χ1v) is 8.18. The van der Waals surface area contributed by atoms with E-state index in [1.165, 1.54) is 12.1 Å². The molecule has 0 unspecified atom stereocenters. The number of ether oxygens (including phenoxy) is 1. The maximum Gasteiger partial charge on any atom is 0.408 e. The largest absolute Gasteiger partial charge is 0.444 e. The van der Waals surface area contributed by atoms with Crippen LogP contribution in [0.4, 0.5) is 4.79 Å². The minimum absolute atomic E-state index is 0.0452. The molecule has 0 saturated carbocycles. The maximum atomic E-state index is 12.5. The predicted octanol–water partition coefficient (Wildman–Crippen LogP) is 2.98. The van der Waals surface area contributed by atoms with E-state index in [1.54, 1.807) is 45.9 Å². The number of alkyl carbamates (subject to hydrolysis) is 1. The summed E-state index contributed by atoms with van der Waals surface area (Å²) in [5, 5.41) is 12.5. The normalized spacial score (nSPS) is 13.5. The van der Waals surface area contributed by atoms with E-state index < -0.39 is 29.6 Å². The Kier molecular flexibility index (Phi) is 7.11. The van der Waals surface area contributed by atoms with E-state index in [-0.39, 0.29) is 16.5 Å². The fourth-order valence-corrected chi connectivity index (χ4v) is 2.05. The summed E-state index contributed by atoms with van der Waals surface area (Å²) in [4.78, 5) is 36.8. The molecule has 0 heterocycles. The lowest BCUT2D eigenvalue weighted by Gasteiger charge is -2.27. The molecule has 3 amide bonds. The van der Waals surface area contributed by atoms with Crippen molar-refractivity contribution in [3.63, 3.8) is 0 Å². The molecule has 0 radical (unpaired) electrons. The third-order valence-electron chi connectivity index (χ3n) is 3.57. The third kappa shape index (κ3) is 6.19. The fraction of sp³-hybridized carbons (Fsp3) is 0.500. The Labute approximate surface area is 147 Å². The van der Waals surface area contributed by atoms with Crippen molar-refractivity contribution in [2.45, 2.75) is 52.7 Å². The van der Waals surface area contributed by atoms with Crippen LogP contribution in [0.5, 0.6) is 0 Å². The van der Waals surface area contributed by atoms with Crippen LogP contribution >= 0.6 is 0 Å². The van der Waals surface area contributed by atoms with Gasteiger partial charge in [0, 0.05) is 5.56 Å². The second-order valence-electron chi connectivity index (χ2n) is 6.83. The molecule has 0 saturated heterocycles. The van der Waals surface area contributed by atoms with Gasteiger partial charge in [-0.25, -0.2) is 4.79 Å². The molecule has 0 bridgehead atoms. The number of rotatable bonds is 5. The molecule has 0 aromatic heterocycles. The van der Waals surface area contributed by atoms with Crippen molar-refractivity contribution >= 4 is 17.9 Å². The van der Waals surface area contributed by atoms with Crippen LogP contribution in [-0.4, -0.2) is 39.8 Å². The highest BCUT2D eigenvalue weighted by molar-refractivity contribution is 6.05. The van der Waals surface area contributed by atoms with Crippen LogP contribution in [0.2, 0.25) is 0 Å². The molecule has 138 valence electrons. The summed E-state index contributed by atoms with van der Waals surface area (Å²) >= 11 is 0. The fourth-order valence-electron chi connectivity index (χ4n) is 2.05. The first kappa shape index (κ1) is 20.6. The van der Waals surface area contributed by atoms with Gasteiger partial charge in [0.2, 0.25) is 0 Å². The van der Waals surface area contributed by atoms with Crippen LogP contribution in [0.15, 0.2) is 30.3 Å². The van der Waals surface area contributed by atoms with Crippen molar-refractivity contribution in [1.82, 2.24) is 10.4 Å². The van der Waals surface area contributed by atoms with Crippen LogP contribution in [0, 0.1) is 5.92 Å². The summed E-state index contributed by atoms with van der Waals surface area (Å²) in [6.07, 6.45) is -0.230. The zero-order valence-corrected chi connectivity index (χ0v) is 15.3. The van der Waals surface area contributed by atoms with E-state index in [9.17, 15) is 19.6 Å². The van der Waals surface area contributed by atoms with Crippen LogP contribution in [0.1, 0.15) is 51.4 Å². The summed E-state index contributed by atoms with van der Waals surface area (Å²) in [6, 6.07) is 6.84. The Bertz CT molecular complexity index is 610. The SMILES string of the molecule is CC[C@H](C)[C@H](NC(=O)OC(C)(C)C)C(=O)N(O)C(=O)c1ccccc1. The van der Waals surface area contributed by atoms with E-state index in [4.69, 9.17) is 4.74 Å². The molecule has 0 aliphatic heterocycles. The molecule has 7 heteroatoms. The molecule has 7 nitrogen and oxygen atoms in total. The Morgan fingerprint density at radius 2 is 1.76 bits per heavy atom. The van der Waals surface area contributed by atoms with Gasteiger partial charge in [-0.2, -0.15) is 5.06 Å². The minimum Gasteiger partial charge on any atom is -0.444 e. The van der Waals surface area contributed by atoms with Gasteiger partial charge in [-0.1, -0.05) is 38.5 Å². The van der Waals surface area contributed by atoms with Crippen molar-refractivity contribution < 1.29 is 24.3 Å². The van der Waals surface area contributed by atoms with Gasteiger partial charge < -0.3 is 10.1 Å². The predicted molar refractivity (Wildman–Crippen MR) is 92.0 cm³/mol. The highest BCUT2D eigenvalue weighted by Gasteiger charge is 2.34. The summed E-state index contributed by atoms with van der Waals surface area (Å²) < 4.78 is 5.15. The van der Waals surface area contributed by atoms with Gasteiger partial charge in [0.1, 0.15) is 11.6 Å². The topological polar surface area (TPSA) is 95.9 Å². The molecule has 2 N–H and O–H groups in total. The average Bonchev–Trinajstić information content (AvgIpc) is 2.56. The molecule has 2 atom stereocenters. The molecule has 0 aliphatic rings. The highest BCUT2D eigenvalue weighted by atomic mass is 16.6. The minimum atomic E-state index is -1.09. The first-order chi connectivity index (χ1) is 11.6. The number of hydrogen-bond donors (Lipinski definition) is 2. The number of benzene rings is 1. The summed E-state index contributed by atoms with van der Waals surface area (Å²) in [7, 11) is 0. The zero-order chi connectivity index (χ0) is 19.2. The molecule has 0 spiro atoms. The van der Waals surface area contributed by atoms with E-state index in [1.807, 2.05) is 6.92 Å². The number of nitrogens with one attached hydrogen (secondary N) is 1. The van der Waals surface area contributed by atoms with Crippen molar-refractivity contribution in [2.24, 2.45) is 5.92 Å². The van der Waals surface area contributed by atoms with E-state index in [0.717, 1.165) is 0 Å². The van der Waals surface area contributed by atoms with Gasteiger partial charge in [0.25, 0.3) is 11.8 Å². The number of amides is 3. The van der Waals surface area contributed by atoms with Gasteiger partial charge in [-0.15, -0.1) is 0 Å². The van der Waals surface area contributed by atoms with Crippen LogP contribution in [-0.2, 0) is 9.53 Å². The number of nitrogens with zero attached hydrogens (tertiary/aromatic N) is 1. The van der Waals surface area contributed by atoms with Crippen LogP contribution in [0.3, 0.4) is 0 Å². The van der Waals surface area contributed by atoms with Crippen LogP contribution in [0.25, 0.3) is 0 Å². The molecule has 0 aliphatic carbocycles. The highest BCUT2D eigenvalue weighted by Crippen LogP contribution is 2.14. The standard InChI is InChI=1S/C18H26N2O5/c1-6-12(2)14(19-17(23)25-18(3,4)5)16(22)20(24)15(21)13-10-8-7-9-11-13/h7-12,14,24H,6H2,1-5H3,(H,19,23)/t12-,14-/m0/s1. The summed E-state index contributed by atoms with van der Waals surface area (Å²) in [5.41, 5.74) is -0.565. The lowest BCUT2D eigenvalue weighted by atomic mass is 9.98. The van der Waals surface area contributed by atoms with Gasteiger partial charge in [-0.3, -0.25) is 14.8 Å². The smallest absolute Gasteiger partial charge is 0.408 e. The Hall–Kier alpha value is -2.41. The second kappa shape index (κ2) is 8.62. The molecule has 0 fully saturated rings. The molecular weight excluding hydrogens is 324 g/mol. The molecule has 1 rings (SSSR count). The molecule has 1 aromatic carbocycles. The lowest BCUT2D eigenvalue weighted by Crippen LogP contribution is -2.53. The van der Waals surface area contributed by atoms with Crippen molar-refractivity contribution in [3.05, 3.63) is 35.9 Å². The van der Waals surface area contributed by atoms with E-state index >= 15 is 0 Å². The van der Waals surface area contributed by atoms with Gasteiger partial charge in [0.05, 0.1) is 0 Å². The average molecular weight is 350 g/mol. The monoisotopic (exact) mass is 350 g/mol. The lowest BCUT2D eigenvalue weighted by molar-refractivity contribution is -0.157. The number of carbonyl (C=O) groups is 3. The number of hydroxylamine groups is 2. The molecule has 1 aromatic rings. The Morgan fingerprint density at radius 3 is 2.24 bits per heavy atom. The first-order valence-electron chi connectivity index (χ1n) is 8.18. The number of carbonyl (C=O) groups excluding carboxylic acids is 3. The van der Waals surface area contributed by atoms with Crippen LogP contribution < -0.4 is 5.32 Å². The van der Waals surface area contributed by atoms with Crippen molar-refractivity contribution in [2.75, 3.05) is 0 Å². The molecular formula is C18H26N2O5. The number of hydrogen-bond acceptors (Lipinski definition) is 5. The van der Waals surface area contributed by atoms with E-state index in [2.05, 4.69) is 5.32 Å². The molecule has 25 heavy (non-hydrogen) atoms. The van der Waals surface area contributed by atoms with E-state index in [0.29, 0.717) is 6.42 Å². The number of imide groups is 1. The maximum absolute atomic E-state index is 12.5.